The summed E-state index contributed by atoms with van der Waals surface area (Å²) in [5.41, 5.74) is 16.1. The summed E-state index contributed by atoms with van der Waals surface area (Å²) < 4.78 is 38.0. The molecular formula is C61H45N. The highest BCUT2D eigenvalue weighted by molar-refractivity contribution is 5.90. The van der Waals surface area contributed by atoms with E-state index in [2.05, 4.69) is 147 Å². The van der Waals surface area contributed by atoms with Gasteiger partial charge in [-0.3, -0.25) is 0 Å². The Morgan fingerprint density at radius 3 is 1.52 bits per heavy atom. The second kappa shape index (κ2) is 15.4. The molecule has 0 saturated carbocycles. The monoisotopic (exact) mass is 795 g/mol. The molecule has 10 aromatic rings. The Kier molecular flexibility index (Phi) is 8.19. The molecule has 0 spiro atoms. The molecule has 0 heterocycles. The van der Waals surface area contributed by atoms with Crippen LogP contribution in [0.25, 0.3) is 77.5 Å². The summed E-state index contributed by atoms with van der Waals surface area (Å²) in [5.74, 6) is 0. The Labute approximate surface area is 370 Å². The van der Waals surface area contributed by atoms with Crippen molar-refractivity contribution >= 4 is 27.8 Å². The van der Waals surface area contributed by atoms with Crippen LogP contribution in [0.4, 0.5) is 17.1 Å². The van der Waals surface area contributed by atoms with Crippen molar-refractivity contribution in [2.75, 3.05) is 4.90 Å². The van der Waals surface area contributed by atoms with E-state index in [1.807, 2.05) is 83.8 Å². The normalized spacial score (nSPS) is 13.4. The van der Waals surface area contributed by atoms with E-state index >= 15 is 0 Å². The van der Waals surface area contributed by atoms with Gasteiger partial charge in [-0.15, -0.1) is 0 Å². The molecule has 0 amide bonds. The summed E-state index contributed by atoms with van der Waals surface area (Å²) in [4.78, 5) is 1.87. The Morgan fingerprint density at radius 2 is 0.790 bits per heavy atom. The number of hydrogen-bond donors (Lipinski definition) is 0. The van der Waals surface area contributed by atoms with Crippen LogP contribution < -0.4 is 4.90 Å². The van der Waals surface area contributed by atoms with Crippen molar-refractivity contribution in [3.8, 4) is 66.8 Å². The molecule has 0 bridgehead atoms. The van der Waals surface area contributed by atoms with Gasteiger partial charge in [0.05, 0.1) is 5.48 Å². The largest absolute Gasteiger partial charge is 0.311 e. The van der Waals surface area contributed by atoms with Gasteiger partial charge >= 0.3 is 0 Å². The molecule has 62 heavy (non-hydrogen) atoms. The summed E-state index contributed by atoms with van der Waals surface area (Å²) in [6.07, 6.45) is 0. The van der Waals surface area contributed by atoms with Gasteiger partial charge in [0.25, 0.3) is 0 Å². The lowest BCUT2D eigenvalue weighted by molar-refractivity contribution is 0.662. The molecule has 0 atom stereocenters. The Hall–Kier alpha value is -7.74. The third-order valence-corrected chi connectivity index (χ3v) is 12.5. The molecule has 0 N–H and O–H groups in total. The maximum Gasteiger partial charge on any atom is 0.0645 e. The molecule has 0 radical (unpaired) electrons. The standard InChI is InChI=1S/C61H45N/c1-61(2)59-21-9-8-18-57(59)58-20-11-19-56(60(58)61)48-32-38-55(39-33-48)62(53-34-28-46(29-35-53)45-24-22-44(23-25-45)42-12-4-3-5-13-42)54-36-30-47(31-37-54)50-16-10-17-51(40-50)52-27-26-43-14-6-7-15-49(43)41-52/h3-41H,1-2H3/i28D,29D,34D,35D. The van der Waals surface area contributed by atoms with Crippen molar-refractivity contribution in [1.82, 2.24) is 0 Å². The smallest absolute Gasteiger partial charge is 0.0645 e. The lowest BCUT2D eigenvalue weighted by Gasteiger charge is -2.27. The zero-order valence-corrected chi connectivity index (χ0v) is 34.7. The van der Waals surface area contributed by atoms with Crippen LogP contribution in [0.5, 0.6) is 0 Å². The first-order valence-electron chi connectivity index (χ1n) is 23.3. The van der Waals surface area contributed by atoms with Gasteiger partial charge in [-0.25, -0.2) is 0 Å². The molecule has 11 rings (SSSR count). The van der Waals surface area contributed by atoms with Gasteiger partial charge in [-0.05, 0) is 137 Å². The maximum atomic E-state index is 9.60. The van der Waals surface area contributed by atoms with Crippen LogP contribution in [0.15, 0.2) is 236 Å². The number of hydrogen-bond acceptors (Lipinski definition) is 1. The molecule has 0 unspecified atom stereocenters. The third-order valence-electron chi connectivity index (χ3n) is 12.5. The molecule has 1 aliphatic carbocycles. The van der Waals surface area contributed by atoms with Crippen LogP contribution in [0.3, 0.4) is 0 Å². The van der Waals surface area contributed by atoms with Crippen LogP contribution >= 0.6 is 0 Å². The summed E-state index contributed by atoms with van der Waals surface area (Å²) in [7, 11) is 0. The molecule has 0 fully saturated rings. The molecule has 10 aromatic carbocycles. The third kappa shape index (κ3) is 6.69. The highest BCUT2D eigenvalue weighted by Gasteiger charge is 2.37. The number of rotatable bonds is 8. The van der Waals surface area contributed by atoms with E-state index in [9.17, 15) is 5.48 Å². The lowest BCUT2D eigenvalue weighted by atomic mass is 9.79. The van der Waals surface area contributed by atoms with E-state index in [1.54, 1.807) is 0 Å². The quantitative estimate of drug-likeness (QED) is 0.148. The van der Waals surface area contributed by atoms with Gasteiger partial charge in [0.1, 0.15) is 0 Å². The van der Waals surface area contributed by atoms with Gasteiger partial charge in [-0.1, -0.05) is 202 Å². The van der Waals surface area contributed by atoms with E-state index < -0.39 is 0 Å². The summed E-state index contributed by atoms with van der Waals surface area (Å²) in [6.45, 7) is 4.59. The minimum atomic E-state index is -0.192. The number of benzene rings is 10. The lowest BCUT2D eigenvalue weighted by Crippen LogP contribution is -2.16. The summed E-state index contributed by atoms with van der Waals surface area (Å²) >= 11 is 0. The topological polar surface area (TPSA) is 3.24 Å². The fourth-order valence-electron chi connectivity index (χ4n) is 9.36. The maximum absolute atomic E-state index is 9.60. The minimum absolute atomic E-state index is 0.0937. The Bertz CT molecular complexity index is 3440. The zero-order chi connectivity index (χ0) is 45.1. The Balaban J connectivity index is 1.01. The van der Waals surface area contributed by atoms with Crippen LogP contribution in [0.1, 0.15) is 30.5 Å². The molecule has 1 aliphatic rings. The van der Waals surface area contributed by atoms with Crippen LogP contribution in [-0.4, -0.2) is 0 Å². The van der Waals surface area contributed by atoms with Crippen LogP contribution in [0.2, 0.25) is 0 Å². The van der Waals surface area contributed by atoms with Gasteiger partial charge in [0, 0.05) is 22.5 Å². The molecule has 1 nitrogen and oxygen atoms in total. The number of nitrogens with zero attached hydrogens (tertiary/aromatic N) is 1. The van der Waals surface area contributed by atoms with Gasteiger partial charge in [-0.2, -0.15) is 0 Å². The van der Waals surface area contributed by atoms with Gasteiger partial charge in [0.15, 0.2) is 0 Å². The molecule has 0 aromatic heterocycles. The van der Waals surface area contributed by atoms with E-state index in [4.69, 9.17) is 0 Å². The average Bonchev–Trinajstić information content (AvgIpc) is 3.61. The summed E-state index contributed by atoms with van der Waals surface area (Å²) in [5, 5.41) is 2.41. The average molecular weight is 796 g/mol. The van der Waals surface area contributed by atoms with Crippen molar-refractivity contribution in [2.24, 2.45) is 0 Å². The van der Waals surface area contributed by atoms with Crippen molar-refractivity contribution in [3.63, 3.8) is 0 Å². The van der Waals surface area contributed by atoms with E-state index in [1.165, 1.54) is 33.0 Å². The second-order valence-electron chi connectivity index (χ2n) is 16.6. The fraction of sp³-hybridized carbons (Fsp3) is 0.0492. The van der Waals surface area contributed by atoms with Crippen molar-refractivity contribution < 1.29 is 5.48 Å². The number of anilines is 3. The molecular weight excluding hydrogens is 747 g/mol. The van der Waals surface area contributed by atoms with Gasteiger partial charge < -0.3 is 4.90 Å². The number of fused-ring (bicyclic) bond motifs is 4. The highest BCUT2D eigenvalue weighted by atomic mass is 15.1. The fourth-order valence-corrected chi connectivity index (χ4v) is 9.36. The molecule has 1 heteroatoms. The first-order valence-corrected chi connectivity index (χ1v) is 21.3. The highest BCUT2D eigenvalue weighted by Crippen LogP contribution is 2.52. The molecule has 294 valence electrons. The second-order valence-corrected chi connectivity index (χ2v) is 16.6. The van der Waals surface area contributed by atoms with E-state index in [0.29, 0.717) is 5.56 Å². The van der Waals surface area contributed by atoms with Crippen molar-refractivity contribution in [2.45, 2.75) is 19.3 Å². The van der Waals surface area contributed by atoms with E-state index in [0.717, 1.165) is 55.9 Å². The summed E-state index contributed by atoms with van der Waals surface area (Å²) in [6, 6.07) is 72.6. The first-order chi connectivity index (χ1) is 32.2. The predicted octanol–water partition coefficient (Wildman–Crippen LogP) is 17.0. The van der Waals surface area contributed by atoms with E-state index in [-0.39, 0.29) is 40.8 Å². The van der Waals surface area contributed by atoms with Crippen LogP contribution in [-0.2, 0) is 5.41 Å². The van der Waals surface area contributed by atoms with Gasteiger partial charge in [0.2, 0.25) is 0 Å². The predicted molar refractivity (Wildman–Crippen MR) is 263 cm³/mol. The molecule has 0 saturated heterocycles. The Morgan fingerprint density at radius 1 is 0.323 bits per heavy atom. The SMILES string of the molecule is [2H]c1c([2H])c(N(c2ccc(-c3cccc(-c4ccc5ccccc5c4)c3)cc2)c2ccc(-c3cccc4c3C(C)(C)c3ccccc3-4)cc2)c([2H])c([2H])c1-c1ccc(-c2ccccc2)cc1. The minimum Gasteiger partial charge on any atom is -0.311 e. The first kappa shape index (κ1) is 33.0. The van der Waals surface area contributed by atoms with Crippen molar-refractivity contribution in [3.05, 3.63) is 248 Å². The van der Waals surface area contributed by atoms with Crippen LogP contribution in [0, 0.1) is 0 Å². The molecule has 0 aliphatic heterocycles. The van der Waals surface area contributed by atoms with Crippen molar-refractivity contribution in [1.29, 1.82) is 0 Å². The zero-order valence-electron chi connectivity index (χ0n) is 38.7.